The highest BCUT2D eigenvalue weighted by molar-refractivity contribution is 5.28. The summed E-state index contributed by atoms with van der Waals surface area (Å²) >= 11 is 0. The topological polar surface area (TPSA) is 21.3 Å². The summed E-state index contributed by atoms with van der Waals surface area (Å²) in [6.07, 6.45) is -1.04. The predicted octanol–water partition coefficient (Wildman–Crippen LogP) is 4.50. The van der Waals surface area contributed by atoms with E-state index < -0.39 is 6.36 Å². The van der Waals surface area contributed by atoms with Crippen molar-refractivity contribution in [2.24, 2.45) is 11.8 Å². The molecule has 0 spiro atoms. The molecule has 0 saturated heterocycles. The summed E-state index contributed by atoms with van der Waals surface area (Å²) in [4.78, 5) is 0. The van der Waals surface area contributed by atoms with Crippen LogP contribution in [0, 0.1) is 11.8 Å². The first-order valence-electron chi connectivity index (χ1n) is 7.43. The van der Waals surface area contributed by atoms with Crippen LogP contribution < -0.4 is 10.1 Å². The number of halogens is 3. The molecule has 1 aliphatic carbocycles. The molecule has 0 heterocycles. The van der Waals surface area contributed by atoms with Gasteiger partial charge in [-0.3, -0.25) is 0 Å². The zero-order chi connectivity index (χ0) is 15.5. The summed E-state index contributed by atoms with van der Waals surface area (Å²) in [5.74, 6) is 1.12. The molecule has 118 valence electrons. The van der Waals surface area contributed by atoms with Gasteiger partial charge in [-0.2, -0.15) is 0 Å². The Kier molecular flexibility index (Phi) is 5.14. The van der Waals surface area contributed by atoms with Gasteiger partial charge in [0.05, 0.1) is 0 Å². The number of ether oxygens (including phenoxy) is 1. The quantitative estimate of drug-likeness (QED) is 0.884. The lowest BCUT2D eigenvalue weighted by atomic mass is 9.78. The third-order valence-corrected chi connectivity index (χ3v) is 4.41. The molecule has 0 bridgehead atoms. The summed E-state index contributed by atoms with van der Waals surface area (Å²) in [6.45, 7) is 5.07. The Balaban J connectivity index is 1.92. The molecule has 1 N–H and O–H groups in total. The Morgan fingerprint density at radius 1 is 1.24 bits per heavy atom. The number of benzene rings is 1. The molecule has 1 saturated carbocycles. The average Bonchev–Trinajstić information content (AvgIpc) is 2.39. The van der Waals surface area contributed by atoms with Crippen LogP contribution in [-0.4, -0.2) is 12.4 Å². The maximum absolute atomic E-state index is 12.2. The van der Waals surface area contributed by atoms with Gasteiger partial charge in [0.1, 0.15) is 5.75 Å². The fraction of sp³-hybridized carbons (Fsp3) is 0.625. The van der Waals surface area contributed by atoms with Gasteiger partial charge < -0.3 is 10.1 Å². The van der Waals surface area contributed by atoms with Crippen molar-refractivity contribution in [2.75, 3.05) is 0 Å². The molecule has 2 rings (SSSR count). The lowest BCUT2D eigenvalue weighted by molar-refractivity contribution is -0.274. The van der Waals surface area contributed by atoms with Crippen LogP contribution in [0.25, 0.3) is 0 Å². The molecule has 0 aliphatic heterocycles. The predicted molar refractivity (Wildman–Crippen MR) is 75.9 cm³/mol. The van der Waals surface area contributed by atoms with E-state index in [2.05, 4.69) is 23.9 Å². The van der Waals surface area contributed by atoms with Crippen molar-refractivity contribution >= 4 is 0 Å². The van der Waals surface area contributed by atoms with Gasteiger partial charge in [-0.25, -0.2) is 0 Å². The number of rotatable bonds is 4. The lowest BCUT2D eigenvalue weighted by Crippen LogP contribution is -2.40. The van der Waals surface area contributed by atoms with Crippen molar-refractivity contribution in [3.63, 3.8) is 0 Å². The van der Waals surface area contributed by atoms with E-state index in [1.165, 1.54) is 25.0 Å². The number of alkyl halides is 3. The van der Waals surface area contributed by atoms with Gasteiger partial charge in [-0.05, 0) is 36.0 Å². The van der Waals surface area contributed by atoms with E-state index in [-0.39, 0.29) is 5.75 Å². The molecular formula is C16H22F3NO. The average molecular weight is 301 g/mol. The van der Waals surface area contributed by atoms with Crippen LogP contribution in [0.3, 0.4) is 0 Å². The largest absolute Gasteiger partial charge is 0.573 e. The van der Waals surface area contributed by atoms with Crippen molar-refractivity contribution < 1.29 is 17.9 Å². The zero-order valence-corrected chi connectivity index (χ0v) is 12.4. The van der Waals surface area contributed by atoms with Crippen molar-refractivity contribution in [3.05, 3.63) is 29.8 Å². The summed E-state index contributed by atoms with van der Waals surface area (Å²) in [5.41, 5.74) is 0.808. The summed E-state index contributed by atoms with van der Waals surface area (Å²) < 4.78 is 40.6. The third kappa shape index (κ3) is 4.92. The van der Waals surface area contributed by atoms with Crippen LogP contribution in [0.4, 0.5) is 13.2 Å². The highest BCUT2D eigenvalue weighted by atomic mass is 19.4. The van der Waals surface area contributed by atoms with Crippen LogP contribution in [0.15, 0.2) is 24.3 Å². The third-order valence-electron chi connectivity index (χ3n) is 4.41. The standard InChI is InChI=1S/C16H22F3NO/c1-11-5-3-8-15(12(11)2)20-10-13-6-4-7-14(9-13)21-16(17,18)19/h4,6-7,9,11-12,15,20H,3,5,8,10H2,1-2H3. The summed E-state index contributed by atoms with van der Waals surface area (Å²) in [6, 6.07) is 6.60. The number of nitrogens with one attached hydrogen (secondary N) is 1. The Labute approximate surface area is 123 Å². The molecule has 0 aromatic heterocycles. The minimum absolute atomic E-state index is 0.160. The second kappa shape index (κ2) is 6.69. The minimum Gasteiger partial charge on any atom is -0.406 e. The van der Waals surface area contributed by atoms with Gasteiger partial charge in [0, 0.05) is 12.6 Å². The molecule has 2 nitrogen and oxygen atoms in total. The van der Waals surface area contributed by atoms with Gasteiger partial charge >= 0.3 is 6.36 Å². The van der Waals surface area contributed by atoms with Gasteiger partial charge in [0.25, 0.3) is 0 Å². The Bertz CT molecular complexity index is 461. The molecule has 3 unspecified atom stereocenters. The Morgan fingerprint density at radius 2 is 2.00 bits per heavy atom. The number of hydrogen-bond acceptors (Lipinski definition) is 2. The summed E-state index contributed by atoms with van der Waals surface area (Å²) in [7, 11) is 0. The first kappa shape index (κ1) is 16.1. The van der Waals surface area contributed by atoms with Gasteiger partial charge in [0.15, 0.2) is 0 Å². The Hall–Kier alpha value is -1.23. The van der Waals surface area contributed by atoms with Crippen LogP contribution in [-0.2, 0) is 6.54 Å². The second-order valence-corrected chi connectivity index (χ2v) is 5.95. The van der Waals surface area contributed by atoms with E-state index in [9.17, 15) is 13.2 Å². The molecule has 1 aromatic rings. The van der Waals surface area contributed by atoms with Crippen LogP contribution in [0.5, 0.6) is 5.75 Å². The molecular weight excluding hydrogens is 279 g/mol. The fourth-order valence-corrected chi connectivity index (χ4v) is 2.97. The number of hydrogen-bond donors (Lipinski definition) is 1. The maximum atomic E-state index is 12.2. The fourth-order valence-electron chi connectivity index (χ4n) is 2.97. The maximum Gasteiger partial charge on any atom is 0.573 e. The van der Waals surface area contributed by atoms with E-state index in [0.29, 0.717) is 24.4 Å². The normalized spacial score (nSPS) is 26.6. The second-order valence-electron chi connectivity index (χ2n) is 5.95. The van der Waals surface area contributed by atoms with Crippen molar-refractivity contribution in [2.45, 2.75) is 52.1 Å². The van der Waals surface area contributed by atoms with Crippen LogP contribution >= 0.6 is 0 Å². The first-order valence-corrected chi connectivity index (χ1v) is 7.43. The molecule has 21 heavy (non-hydrogen) atoms. The zero-order valence-electron chi connectivity index (χ0n) is 12.4. The highest BCUT2D eigenvalue weighted by Crippen LogP contribution is 2.30. The Morgan fingerprint density at radius 3 is 2.71 bits per heavy atom. The van der Waals surface area contributed by atoms with Crippen LogP contribution in [0.1, 0.15) is 38.7 Å². The van der Waals surface area contributed by atoms with Crippen LogP contribution in [0.2, 0.25) is 0 Å². The minimum atomic E-state index is -4.64. The van der Waals surface area contributed by atoms with Gasteiger partial charge in [0.2, 0.25) is 0 Å². The molecule has 1 fully saturated rings. The molecule has 1 aromatic carbocycles. The van der Waals surface area contributed by atoms with E-state index in [1.54, 1.807) is 6.07 Å². The highest BCUT2D eigenvalue weighted by Gasteiger charge is 2.31. The molecule has 0 radical (unpaired) electrons. The van der Waals surface area contributed by atoms with E-state index in [4.69, 9.17) is 0 Å². The monoisotopic (exact) mass is 301 g/mol. The van der Waals surface area contributed by atoms with Gasteiger partial charge in [-0.1, -0.05) is 38.8 Å². The van der Waals surface area contributed by atoms with Crippen molar-refractivity contribution in [1.29, 1.82) is 0 Å². The molecule has 3 atom stereocenters. The SMILES string of the molecule is CC1CCCC(NCc2cccc(OC(F)(F)F)c2)C1C. The van der Waals surface area contributed by atoms with E-state index in [1.807, 2.05) is 6.07 Å². The molecule has 0 amide bonds. The van der Waals surface area contributed by atoms with Gasteiger partial charge in [-0.15, -0.1) is 13.2 Å². The first-order chi connectivity index (χ1) is 9.85. The van der Waals surface area contributed by atoms with E-state index >= 15 is 0 Å². The molecule has 1 aliphatic rings. The van der Waals surface area contributed by atoms with Crippen molar-refractivity contribution in [1.82, 2.24) is 5.32 Å². The van der Waals surface area contributed by atoms with E-state index in [0.717, 1.165) is 12.0 Å². The molecule has 5 heteroatoms. The smallest absolute Gasteiger partial charge is 0.406 e. The lowest BCUT2D eigenvalue weighted by Gasteiger charge is -2.34. The summed E-state index contributed by atoms with van der Waals surface area (Å²) in [5, 5.41) is 3.47. The van der Waals surface area contributed by atoms with Crippen molar-refractivity contribution in [3.8, 4) is 5.75 Å².